The maximum atomic E-state index is 13.3. The summed E-state index contributed by atoms with van der Waals surface area (Å²) in [5.74, 6) is 0.731. The number of hydrogen-bond donors (Lipinski definition) is 2. The van der Waals surface area contributed by atoms with Crippen LogP contribution in [0.25, 0.3) is 0 Å². The molecule has 12 heteroatoms. The number of amides is 2. The predicted octanol–water partition coefficient (Wildman–Crippen LogP) is 4.75. The second kappa shape index (κ2) is 12.0. The van der Waals surface area contributed by atoms with Crippen LogP contribution in [-0.2, 0) is 10.3 Å². The van der Waals surface area contributed by atoms with Gasteiger partial charge in [0, 0.05) is 26.3 Å². The Labute approximate surface area is 256 Å². The number of nitrogens with one attached hydrogen (secondary N) is 2. The van der Waals surface area contributed by atoms with Crippen molar-refractivity contribution in [3.05, 3.63) is 63.8 Å². The van der Waals surface area contributed by atoms with E-state index in [1.807, 2.05) is 40.0 Å². The number of piperidine rings is 1. The van der Waals surface area contributed by atoms with E-state index >= 15 is 0 Å². The molecule has 2 N–H and O–H groups in total. The molecule has 11 nitrogen and oxygen atoms in total. The van der Waals surface area contributed by atoms with Crippen LogP contribution < -0.4 is 20.1 Å². The summed E-state index contributed by atoms with van der Waals surface area (Å²) in [6, 6.07) is 8.87. The Morgan fingerprint density at radius 1 is 1.16 bits per heavy atom. The molecule has 0 spiro atoms. The summed E-state index contributed by atoms with van der Waals surface area (Å²) < 4.78 is 17.3. The van der Waals surface area contributed by atoms with Crippen LogP contribution in [0.2, 0.25) is 5.02 Å². The lowest BCUT2D eigenvalue weighted by Crippen LogP contribution is -2.53. The highest BCUT2D eigenvalue weighted by Gasteiger charge is 2.42. The molecule has 0 bridgehead atoms. The monoisotopic (exact) mass is 608 g/mol. The zero-order valence-corrected chi connectivity index (χ0v) is 26.2. The van der Waals surface area contributed by atoms with Gasteiger partial charge in [-0.2, -0.15) is 4.98 Å². The smallest absolute Gasteiger partial charge is 0.258 e. The molecule has 0 saturated carbocycles. The number of fused-ring (bicyclic) bond motifs is 1. The van der Waals surface area contributed by atoms with E-state index in [1.54, 1.807) is 37.3 Å². The first-order chi connectivity index (χ1) is 20.4. The molecule has 2 aromatic carbocycles. The number of ether oxygens (including phenoxy) is 3. The number of aryl methyl sites for hydroxylation is 1. The Bertz CT molecular complexity index is 1560. The van der Waals surface area contributed by atoms with E-state index < -0.39 is 5.54 Å². The van der Waals surface area contributed by atoms with Gasteiger partial charge >= 0.3 is 0 Å². The molecule has 43 heavy (non-hydrogen) atoms. The van der Waals surface area contributed by atoms with Crippen LogP contribution >= 0.6 is 11.6 Å². The van der Waals surface area contributed by atoms with Gasteiger partial charge in [-0.3, -0.25) is 9.59 Å². The third-order valence-electron chi connectivity index (χ3n) is 8.38. The first-order valence-corrected chi connectivity index (χ1v) is 14.4. The minimum atomic E-state index is -0.482. The third kappa shape index (κ3) is 5.84. The van der Waals surface area contributed by atoms with Crippen molar-refractivity contribution in [2.24, 2.45) is 0 Å². The minimum absolute atomic E-state index is 0.0882. The van der Waals surface area contributed by atoms with E-state index in [2.05, 4.69) is 25.5 Å². The number of aromatic nitrogens is 2. The molecule has 0 radical (unpaired) electrons. The van der Waals surface area contributed by atoms with Crippen molar-refractivity contribution >= 4 is 35.1 Å². The minimum Gasteiger partial charge on any atom is -0.495 e. The van der Waals surface area contributed by atoms with Crippen LogP contribution in [0.15, 0.2) is 36.5 Å². The van der Waals surface area contributed by atoms with Gasteiger partial charge in [0.1, 0.15) is 16.5 Å². The van der Waals surface area contributed by atoms with E-state index in [-0.39, 0.29) is 40.8 Å². The molecule has 2 aliphatic rings. The van der Waals surface area contributed by atoms with Gasteiger partial charge in [-0.1, -0.05) is 23.7 Å². The summed E-state index contributed by atoms with van der Waals surface area (Å²) in [5, 5.41) is 6.46. The molecule has 0 unspecified atom stereocenters. The number of benzene rings is 2. The molecule has 5 rings (SSSR count). The van der Waals surface area contributed by atoms with Crippen molar-refractivity contribution in [1.29, 1.82) is 0 Å². The van der Waals surface area contributed by atoms with Crippen LogP contribution in [0.1, 0.15) is 52.1 Å². The summed E-state index contributed by atoms with van der Waals surface area (Å²) in [6.07, 6.45) is 2.12. The zero-order valence-electron chi connectivity index (χ0n) is 25.4. The summed E-state index contributed by atoms with van der Waals surface area (Å²) in [7, 11) is 7.00. The van der Waals surface area contributed by atoms with Crippen molar-refractivity contribution in [2.75, 3.05) is 46.7 Å². The molecule has 1 aromatic heterocycles. The molecular weight excluding hydrogens is 572 g/mol. The molecule has 228 valence electrons. The van der Waals surface area contributed by atoms with Crippen molar-refractivity contribution < 1.29 is 23.8 Å². The Hall–Kier alpha value is -3.93. The van der Waals surface area contributed by atoms with Gasteiger partial charge in [0.25, 0.3) is 11.8 Å². The number of rotatable bonds is 8. The number of anilines is 2. The number of carbonyl (C=O) groups is 2. The predicted molar refractivity (Wildman–Crippen MR) is 164 cm³/mol. The normalized spacial score (nSPS) is 19.6. The van der Waals surface area contributed by atoms with E-state index in [9.17, 15) is 9.59 Å². The van der Waals surface area contributed by atoms with Crippen molar-refractivity contribution in [3.8, 4) is 17.4 Å². The molecule has 3 aromatic rings. The van der Waals surface area contributed by atoms with Gasteiger partial charge in [-0.05, 0) is 70.1 Å². The standard InChI is InChI=1S/C31H37ClN6O5/c1-17-13-22(24(41-6)14-18(17)27(39)34-21-11-12-37(4)16-25(21)42-7)35-30-33-15-20(32)28(36-30)43-23-10-8-9-19-26(23)29(40)38(5)31(19,2)3/h8-10,13-15,21,25H,11-12,16H2,1-7H3,(H,34,39)(H,33,35,36)/t21-,25+/m1/s1. The Balaban J connectivity index is 1.37. The molecule has 2 aliphatic heterocycles. The van der Waals surface area contributed by atoms with Gasteiger partial charge < -0.3 is 34.6 Å². The number of nitrogens with zero attached hydrogens (tertiary/aromatic N) is 4. The summed E-state index contributed by atoms with van der Waals surface area (Å²) >= 11 is 6.42. The number of likely N-dealkylation sites (N-methyl/N-ethyl adjacent to an activating group) is 1. The SMILES string of the molecule is COc1cc(C(=O)N[C@@H]2CCN(C)C[C@@H]2OC)c(C)cc1Nc1ncc(Cl)c(Oc2cccc3c2C(=O)N(C)C3(C)C)n1. The zero-order chi connectivity index (χ0) is 31.1. The van der Waals surface area contributed by atoms with E-state index in [4.69, 9.17) is 25.8 Å². The van der Waals surface area contributed by atoms with Crippen LogP contribution in [0, 0.1) is 6.92 Å². The second-order valence-corrected chi connectivity index (χ2v) is 11.9. The molecule has 1 fully saturated rings. The van der Waals surface area contributed by atoms with E-state index in [0.29, 0.717) is 28.3 Å². The van der Waals surface area contributed by atoms with Crippen LogP contribution in [0.4, 0.5) is 11.6 Å². The van der Waals surface area contributed by atoms with E-state index in [1.165, 1.54) is 13.3 Å². The quantitative estimate of drug-likeness (QED) is 0.373. The van der Waals surface area contributed by atoms with Gasteiger partial charge in [0.15, 0.2) is 0 Å². The van der Waals surface area contributed by atoms with E-state index in [0.717, 1.165) is 30.6 Å². The van der Waals surface area contributed by atoms with Crippen LogP contribution in [0.5, 0.6) is 17.4 Å². The number of hydrogen-bond acceptors (Lipinski definition) is 9. The molecule has 0 aliphatic carbocycles. The van der Waals surface area contributed by atoms with Crippen molar-refractivity contribution in [1.82, 2.24) is 25.1 Å². The summed E-state index contributed by atoms with van der Waals surface area (Å²) in [5.41, 5.74) is 2.63. The number of likely N-dealkylation sites (tertiary alicyclic amines) is 1. The second-order valence-electron chi connectivity index (χ2n) is 11.4. The first-order valence-electron chi connectivity index (χ1n) is 14.0. The average Bonchev–Trinajstić information content (AvgIpc) is 3.16. The number of methoxy groups -OCH3 is 2. The highest BCUT2D eigenvalue weighted by atomic mass is 35.5. The fourth-order valence-electron chi connectivity index (χ4n) is 5.58. The Morgan fingerprint density at radius 3 is 2.65 bits per heavy atom. The first kappa shape index (κ1) is 30.5. The fraction of sp³-hybridized carbons (Fsp3) is 0.419. The summed E-state index contributed by atoms with van der Waals surface area (Å²) in [6.45, 7) is 7.44. The Morgan fingerprint density at radius 2 is 1.93 bits per heavy atom. The molecule has 2 amide bonds. The summed E-state index contributed by atoms with van der Waals surface area (Å²) in [4.78, 5) is 39.0. The Kier molecular flexibility index (Phi) is 8.51. The van der Waals surface area contributed by atoms with Crippen molar-refractivity contribution in [2.45, 2.75) is 44.9 Å². The molecule has 3 heterocycles. The van der Waals surface area contributed by atoms with Crippen LogP contribution in [0.3, 0.4) is 0 Å². The lowest BCUT2D eigenvalue weighted by Gasteiger charge is -2.36. The highest BCUT2D eigenvalue weighted by molar-refractivity contribution is 6.31. The maximum absolute atomic E-state index is 13.3. The highest BCUT2D eigenvalue weighted by Crippen LogP contribution is 2.43. The van der Waals surface area contributed by atoms with Gasteiger partial charge in [-0.25, -0.2) is 4.98 Å². The van der Waals surface area contributed by atoms with Gasteiger partial charge in [0.2, 0.25) is 11.8 Å². The van der Waals surface area contributed by atoms with Gasteiger partial charge in [0.05, 0.1) is 42.2 Å². The molecule has 1 saturated heterocycles. The van der Waals surface area contributed by atoms with Crippen molar-refractivity contribution in [3.63, 3.8) is 0 Å². The molecule has 2 atom stereocenters. The third-order valence-corrected chi connectivity index (χ3v) is 8.64. The fourth-order valence-corrected chi connectivity index (χ4v) is 5.71. The van der Waals surface area contributed by atoms with Gasteiger partial charge in [-0.15, -0.1) is 0 Å². The maximum Gasteiger partial charge on any atom is 0.258 e. The molecular formula is C31H37ClN6O5. The largest absolute Gasteiger partial charge is 0.495 e. The average molecular weight is 609 g/mol. The topological polar surface area (TPSA) is 118 Å². The lowest BCUT2D eigenvalue weighted by atomic mass is 9.94. The number of carbonyl (C=O) groups excluding carboxylic acids is 2. The lowest BCUT2D eigenvalue weighted by molar-refractivity contribution is 0.0142. The van der Waals surface area contributed by atoms with Crippen LogP contribution in [-0.4, -0.2) is 85.1 Å². The number of halogens is 1.